The van der Waals surface area contributed by atoms with Crippen molar-refractivity contribution >= 4 is 23.4 Å². The van der Waals surface area contributed by atoms with E-state index in [1.165, 1.54) is 11.8 Å². The third-order valence-electron chi connectivity index (χ3n) is 3.14. The van der Waals surface area contributed by atoms with Crippen molar-refractivity contribution in [3.8, 4) is 5.75 Å². The maximum absolute atomic E-state index is 12.2. The zero-order chi connectivity index (χ0) is 16.7. The second-order valence-electron chi connectivity index (χ2n) is 4.95. The molecule has 1 amide bonds. The molecular formula is C16H22N4O2S. The van der Waals surface area contributed by atoms with E-state index in [0.29, 0.717) is 18.0 Å². The summed E-state index contributed by atoms with van der Waals surface area (Å²) in [6.07, 6.45) is 1.00. The van der Waals surface area contributed by atoms with Gasteiger partial charge in [-0.1, -0.05) is 30.8 Å². The average molecular weight is 334 g/mol. The van der Waals surface area contributed by atoms with Gasteiger partial charge in [-0.25, -0.2) is 0 Å². The number of hydrogen-bond donors (Lipinski definition) is 1. The number of thioether (sulfide) groups is 1. The first-order valence-corrected chi connectivity index (χ1v) is 8.68. The molecule has 2 rings (SSSR count). The maximum atomic E-state index is 12.2. The van der Waals surface area contributed by atoms with E-state index >= 15 is 0 Å². The first kappa shape index (κ1) is 17.3. The summed E-state index contributed by atoms with van der Waals surface area (Å²) in [6, 6.07) is 7.42. The van der Waals surface area contributed by atoms with E-state index in [4.69, 9.17) is 4.74 Å². The molecule has 0 unspecified atom stereocenters. The molecule has 1 aromatic carbocycles. The largest absolute Gasteiger partial charge is 0.492 e. The zero-order valence-corrected chi connectivity index (χ0v) is 14.5. The topological polar surface area (TPSA) is 69.0 Å². The molecule has 0 spiro atoms. The average Bonchev–Trinajstić information content (AvgIpc) is 2.89. The minimum atomic E-state index is -0.0918. The fraction of sp³-hybridized carbons (Fsp3) is 0.438. The number of benzene rings is 1. The molecule has 1 heterocycles. The van der Waals surface area contributed by atoms with E-state index in [1.54, 1.807) is 0 Å². The lowest BCUT2D eigenvalue weighted by molar-refractivity contribution is -0.113. The molecule has 1 N–H and O–H groups in total. The number of hydrogen-bond acceptors (Lipinski definition) is 5. The Morgan fingerprint density at radius 3 is 2.83 bits per heavy atom. The van der Waals surface area contributed by atoms with Gasteiger partial charge in [0.15, 0.2) is 5.16 Å². The van der Waals surface area contributed by atoms with Crippen molar-refractivity contribution in [2.24, 2.45) is 0 Å². The number of nitrogens with one attached hydrogen (secondary N) is 1. The van der Waals surface area contributed by atoms with Gasteiger partial charge in [-0.3, -0.25) is 4.79 Å². The SMILES string of the molecule is CCCn1c(C)nnc1SCC(=O)Nc1ccccc1OCC. The molecule has 0 aliphatic heterocycles. The molecule has 1 aromatic heterocycles. The molecular weight excluding hydrogens is 312 g/mol. The van der Waals surface area contributed by atoms with E-state index in [1.807, 2.05) is 42.7 Å². The predicted octanol–water partition coefficient (Wildman–Crippen LogP) is 3.13. The summed E-state index contributed by atoms with van der Waals surface area (Å²) in [5.74, 6) is 1.74. The summed E-state index contributed by atoms with van der Waals surface area (Å²) in [6.45, 7) is 7.35. The number of amides is 1. The molecule has 0 saturated carbocycles. The van der Waals surface area contributed by atoms with Crippen LogP contribution in [-0.2, 0) is 11.3 Å². The van der Waals surface area contributed by atoms with Crippen molar-refractivity contribution in [3.05, 3.63) is 30.1 Å². The highest BCUT2D eigenvalue weighted by molar-refractivity contribution is 7.99. The molecule has 2 aromatic rings. The van der Waals surface area contributed by atoms with Crippen LogP contribution in [0.25, 0.3) is 0 Å². The van der Waals surface area contributed by atoms with Crippen molar-refractivity contribution in [2.75, 3.05) is 17.7 Å². The second kappa shape index (κ2) is 8.57. The van der Waals surface area contributed by atoms with Crippen LogP contribution in [0, 0.1) is 6.92 Å². The summed E-state index contributed by atoms with van der Waals surface area (Å²) in [5.41, 5.74) is 0.686. The van der Waals surface area contributed by atoms with Gasteiger partial charge in [-0.2, -0.15) is 0 Å². The Balaban J connectivity index is 1.96. The Hall–Kier alpha value is -2.02. The summed E-state index contributed by atoms with van der Waals surface area (Å²) >= 11 is 1.39. The summed E-state index contributed by atoms with van der Waals surface area (Å²) < 4.78 is 7.54. The highest BCUT2D eigenvalue weighted by atomic mass is 32.2. The van der Waals surface area contributed by atoms with Gasteiger partial charge in [0.05, 0.1) is 18.0 Å². The minimum absolute atomic E-state index is 0.0918. The van der Waals surface area contributed by atoms with E-state index < -0.39 is 0 Å². The van der Waals surface area contributed by atoms with Crippen molar-refractivity contribution in [1.82, 2.24) is 14.8 Å². The first-order valence-electron chi connectivity index (χ1n) is 7.70. The van der Waals surface area contributed by atoms with Gasteiger partial charge in [0.2, 0.25) is 5.91 Å². The zero-order valence-electron chi connectivity index (χ0n) is 13.7. The molecule has 0 aliphatic rings. The van der Waals surface area contributed by atoms with Gasteiger partial charge >= 0.3 is 0 Å². The quantitative estimate of drug-likeness (QED) is 0.751. The Labute approximate surface area is 140 Å². The summed E-state index contributed by atoms with van der Waals surface area (Å²) in [7, 11) is 0. The van der Waals surface area contributed by atoms with Crippen LogP contribution in [0.5, 0.6) is 5.75 Å². The normalized spacial score (nSPS) is 10.6. The van der Waals surface area contributed by atoms with E-state index in [0.717, 1.165) is 23.9 Å². The second-order valence-corrected chi connectivity index (χ2v) is 5.89. The number of rotatable bonds is 8. The lowest BCUT2D eigenvalue weighted by Gasteiger charge is -2.11. The molecule has 0 bridgehead atoms. The number of anilines is 1. The Morgan fingerprint density at radius 1 is 1.30 bits per heavy atom. The molecule has 124 valence electrons. The van der Waals surface area contributed by atoms with Crippen LogP contribution >= 0.6 is 11.8 Å². The maximum Gasteiger partial charge on any atom is 0.234 e. The number of ether oxygens (including phenoxy) is 1. The van der Waals surface area contributed by atoms with Gasteiger partial charge in [-0.05, 0) is 32.4 Å². The van der Waals surface area contributed by atoms with Crippen molar-refractivity contribution in [1.29, 1.82) is 0 Å². The van der Waals surface area contributed by atoms with Crippen LogP contribution in [0.1, 0.15) is 26.1 Å². The fourth-order valence-electron chi connectivity index (χ4n) is 2.12. The van der Waals surface area contributed by atoms with Gasteiger partial charge in [-0.15, -0.1) is 10.2 Å². The third kappa shape index (κ3) is 4.72. The molecule has 6 nitrogen and oxygen atoms in total. The standard InChI is InChI=1S/C16H22N4O2S/c1-4-10-20-12(3)18-19-16(20)23-11-15(21)17-13-8-6-7-9-14(13)22-5-2/h6-9H,4-5,10-11H2,1-3H3,(H,17,21). The Morgan fingerprint density at radius 2 is 2.09 bits per heavy atom. The summed E-state index contributed by atoms with van der Waals surface area (Å²) in [4.78, 5) is 12.2. The van der Waals surface area contributed by atoms with Crippen molar-refractivity contribution in [2.45, 2.75) is 38.9 Å². The third-order valence-corrected chi connectivity index (χ3v) is 4.11. The smallest absolute Gasteiger partial charge is 0.234 e. The van der Waals surface area contributed by atoms with Gasteiger partial charge < -0.3 is 14.6 Å². The molecule has 0 saturated heterocycles. The van der Waals surface area contributed by atoms with E-state index in [2.05, 4.69) is 22.4 Å². The molecule has 23 heavy (non-hydrogen) atoms. The van der Waals surface area contributed by atoms with E-state index in [-0.39, 0.29) is 11.7 Å². The highest BCUT2D eigenvalue weighted by Crippen LogP contribution is 2.24. The monoisotopic (exact) mass is 334 g/mol. The van der Waals surface area contributed by atoms with Crippen LogP contribution < -0.4 is 10.1 Å². The highest BCUT2D eigenvalue weighted by Gasteiger charge is 2.12. The number of aryl methyl sites for hydroxylation is 1. The Bertz CT molecular complexity index is 657. The number of nitrogens with zero attached hydrogens (tertiary/aromatic N) is 3. The summed E-state index contributed by atoms with van der Waals surface area (Å²) in [5, 5.41) is 11.9. The van der Waals surface area contributed by atoms with Crippen LogP contribution in [0.15, 0.2) is 29.4 Å². The molecule has 0 aliphatic carbocycles. The number of carbonyl (C=O) groups excluding carboxylic acids is 1. The molecule has 0 fully saturated rings. The van der Waals surface area contributed by atoms with Gasteiger partial charge in [0, 0.05) is 6.54 Å². The van der Waals surface area contributed by atoms with Crippen LogP contribution in [-0.4, -0.2) is 33.0 Å². The van der Waals surface area contributed by atoms with E-state index in [9.17, 15) is 4.79 Å². The molecule has 0 atom stereocenters. The number of carbonyl (C=O) groups is 1. The van der Waals surface area contributed by atoms with Crippen molar-refractivity contribution in [3.63, 3.8) is 0 Å². The molecule has 0 radical (unpaired) electrons. The first-order chi connectivity index (χ1) is 11.2. The van der Waals surface area contributed by atoms with Crippen LogP contribution in [0.4, 0.5) is 5.69 Å². The lowest BCUT2D eigenvalue weighted by atomic mass is 10.3. The van der Waals surface area contributed by atoms with Gasteiger partial charge in [0.25, 0.3) is 0 Å². The van der Waals surface area contributed by atoms with Crippen LogP contribution in [0.3, 0.4) is 0 Å². The fourth-order valence-corrected chi connectivity index (χ4v) is 2.93. The van der Waals surface area contributed by atoms with Gasteiger partial charge in [0.1, 0.15) is 11.6 Å². The predicted molar refractivity (Wildman–Crippen MR) is 92.0 cm³/mol. The molecule has 7 heteroatoms. The Kier molecular flexibility index (Phi) is 6.46. The number of aromatic nitrogens is 3. The van der Waals surface area contributed by atoms with Crippen molar-refractivity contribution < 1.29 is 9.53 Å². The number of para-hydroxylation sites is 2. The lowest BCUT2D eigenvalue weighted by Crippen LogP contribution is -2.15. The van der Waals surface area contributed by atoms with Crippen LogP contribution in [0.2, 0.25) is 0 Å². The minimum Gasteiger partial charge on any atom is -0.492 e.